The molecule has 2 rings (SSSR count). The molecular weight excluding hydrogens is 190 g/mol. The summed E-state index contributed by atoms with van der Waals surface area (Å²) in [7, 11) is 0. The SMILES string of the molecule is Clc1nncn1Cc1cccnn1. The molecule has 2 aromatic rings. The molecule has 0 radical (unpaired) electrons. The van der Waals surface area contributed by atoms with Crippen LogP contribution in [0.15, 0.2) is 24.7 Å². The first-order valence-corrected chi connectivity index (χ1v) is 4.04. The lowest BCUT2D eigenvalue weighted by Crippen LogP contribution is -2.01. The maximum absolute atomic E-state index is 5.73. The Morgan fingerprint density at radius 1 is 1.31 bits per heavy atom. The molecule has 0 aliphatic rings. The molecule has 0 spiro atoms. The fourth-order valence-corrected chi connectivity index (χ4v) is 1.09. The van der Waals surface area contributed by atoms with Crippen LogP contribution in [-0.4, -0.2) is 25.0 Å². The van der Waals surface area contributed by atoms with E-state index in [9.17, 15) is 0 Å². The molecular formula is C7H6ClN5. The Kier molecular flexibility index (Phi) is 2.18. The van der Waals surface area contributed by atoms with E-state index in [0.29, 0.717) is 11.8 Å². The fraction of sp³-hybridized carbons (Fsp3) is 0.143. The van der Waals surface area contributed by atoms with Crippen LogP contribution in [0.25, 0.3) is 0 Å². The zero-order valence-electron chi connectivity index (χ0n) is 6.63. The predicted octanol–water partition coefficient (Wildman–Crippen LogP) is 0.770. The molecule has 0 aromatic carbocycles. The fourth-order valence-electron chi connectivity index (χ4n) is 0.939. The second-order valence-electron chi connectivity index (χ2n) is 2.44. The van der Waals surface area contributed by atoms with E-state index in [4.69, 9.17) is 11.6 Å². The maximum Gasteiger partial charge on any atom is 0.225 e. The van der Waals surface area contributed by atoms with Crippen LogP contribution in [0.2, 0.25) is 5.28 Å². The molecule has 0 fully saturated rings. The Bertz CT molecular complexity index is 385. The van der Waals surface area contributed by atoms with E-state index >= 15 is 0 Å². The van der Waals surface area contributed by atoms with E-state index in [1.807, 2.05) is 12.1 Å². The first kappa shape index (κ1) is 8.12. The summed E-state index contributed by atoms with van der Waals surface area (Å²) in [5.41, 5.74) is 0.823. The monoisotopic (exact) mass is 195 g/mol. The predicted molar refractivity (Wildman–Crippen MR) is 46.2 cm³/mol. The van der Waals surface area contributed by atoms with E-state index < -0.39 is 0 Å². The summed E-state index contributed by atoms with van der Waals surface area (Å²) in [5, 5.41) is 15.3. The van der Waals surface area contributed by atoms with Crippen LogP contribution in [0.3, 0.4) is 0 Å². The summed E-state index contributed by atoms with van der Waals surface area (Å²) < 4.78 is 1.69. The highest BCUT2D eigenvalue weighted by Gasteiger charge is 2.01. The highest BCUT2D eigenvalue weighted by atomic mass is 35.5. The van der Waals surface area contributed by atoms with Gasteiger partial charge >= 0.3 is 0 Å². The van der Waals surface area contributed by atoms with Crippen molar-refractivity contribution in [1.29, 1.82) is 0 Å². The minimum absolute atomic E-state index is 0.352. The quantitative estimate of drug-likeness (QED) is 0.710. The molecule has 0 saturated heterocycles. The van der Waals surface area contributed by atoms with Gasteiger partial charge in [-0.25, -0.2) is 0 Å². The molecule has 0 N–H and O–H groups in total. The maximum atomic E-state index is 5.73. The molecule has 0 atom stereocenters. The average Bonchev–Trinajstić information content (AvgIpc) is 2.54. The zero-order chi connectivity index (χ0) is 9.10. The second kappa shape index (κ2) is 3.49. The molecule has 2 heterocycles. The van der Waals surface area contributed by atoms with Crippen molar-refractivity contribution < 1.29 is 0 Å². The van der Waals surface area contributed by atoms with Gasteiger partial charge in [0.15, 0.2) is 0 Å². The summed E-state index contributed by atoms with van der Waals surface area (Å²) in [6.45, 7) is 0.541. The van der Waals surface area contributed by atoms with Crippen molar-refractivity contribution in [3.05, 3.63) is 35.6 Å². The van der Waals surface area contributed by atoms with Gasteiger partial charge in [0.1, 0.15) is 6.33 Å². The molecule has 0 bridgehead atoms. The van der Waals surface area contributed by atoms with Crippen molar-refractivity contribution in [2.45, 2.75) is 6.54 Å². The third-order valence-corrected chi connectivity index (χ3v) is 1.82. The molecule has 0 aliphatic carbocycles. The van der Waals surface area contributed by atoms with Crippen LogP contribution in [0, 0.1) is 0 Å². The van der Waals surface area contributed by atoms with Crippen LogP contribution in [0.1, 0.15) is 5.69 Å². The molecule has 5 nitrogen and oxygen atoms in total. The number of hydrogen-bond acceptors (Lipinski definition) is 4. The summed E-state index contributed by atoms with van der Waals surface area (Å²) in [6, 6.07) is 3.68. The summed E-state index contributed by atoms with van der Waals surface area (Å²) in [5.74, 6) is 0. The van der Waals surface area contributed by atoms with E-state index in [-0.39, 0.29) is 0 Å². The van der Waals surface area contributed by atoms with E-state index in [1.54, 1.807) is 17.1 Å². The van der Waals surface area contributed by atoms with Gasteiger partial charge in [0.2, 0.25) is 5.28 Å². The highest BCUT2D eigenvalue weighted by molar-refractivity contribution is 6.28. The number of nitrogens with zero attached hydrogens (tertiary/aromatic N) is 5. The van der Waals surface area contributed by atoms with Crippen LogP contribution in [0.5, 0.6) is 0 Å². The lowest BCUT2D eigenvalue weighted by molar-refractivity contribution is 0.750. The Morgan fingerprint density at radius 3 is 2.85 bits per heavy atom. The van der Waals surface area contributed by atoms with Crippen LogP contribution in [-0.2, 0) is 6.54 Å². The van der Waals surface area contributed by atoms with Gasteiger partial charge in [-0.3, -0.25) is 4.57 Å². The smallest absolute Gasteiger partial charge is 0.225 e. The minimum atomic E-state index is 0.352. The Labute approximate surface area is 79.4 Å². The number of halogens is 1. The molecule has 0 unspecified atom stereocenters. The van der Waals surface area contributed by atoms with Gasteiger partial charge in [-0.1, -0.05) is 0 Å². The molecule has 0 aliphatic heterocycles. The number of rotatable bonds is 2. The standard InChI is InChI=1S/C7H6ClN5/c8-7-12-10-5-13(7)4-6-2-1-3-9-11-6/h1-3,5H,4H2. The van der Waals surface area contributed by atoms with Crippen molar-refractivity contribution in [2.24, 2.45) is 0 Å². The van der Waals surface area contributed by atoms with Crippen molar-refractivity contribution in [3.8, 4) is 0 Å². The average molecular weight is 196 g/mol. The number of hydrogen-bond donors (Lipinski definition) is 0. The van der Waals surface area contributed by atoms with Crippen molar-refractivity contribution >= 4 is 11.6 Å². The molecule has 2 aromatic heterocycles. The largest absolute Gasteiger partial charge is 0.298 e. The highest BCUT2D eigenvalue weighted by Crippen LogP contribution is 2.04. The van der Waals surface area contributed by atoms with E-state index in [1.165, 1.54) is 0 Å². The van der Waals surface area contributed by atoms with Crippen LogP contribution in [0.4, 0.5) is 0 Å². The van der Waals surface area contributed by atoms with Gasteiger partial charge in [0.05, 0.1) is 12.2 Å². The van der Waals surface area contributed by atoms with Crippen LogP contribution < -0.4 is 0 Å². The van der Waals surface area contributed by atoms with Crippen LogP contribution >= 0.6 is 11.6 Å². The summed E-state index contributed by atoms with van der Waals surface area (Å²) >= 11 is 5.73. The van der Waals surface area contributed by atoms with Crippen molar-refractivity contribution in [3.63, 3.8) is 0 Å². The van der Waals surface area contributed by atoms with Crippen molar-refractivity contribution in [1.82, 2.24) is 25.0 Å². The third kappa shape index (κ3) is 1.81. The van der Waals surface area contributed by atoms with E-state index in [2.05, 4.69) is 20.4 Å². The molecule has 13 heavy (non-hydrogen) atoms. The first-order valence-electron chi connectivity index (χ1n) is 3.66. The summed E-state index contributed by atoms with van der Waals surface area (Å²) in [6.07, 6.45) is 3.17. The Morgan fingerprint density at radius 2 is 2.23 bits per heavy atom. The third-order valence-electron chi connectivity index (χ3n) is 1.53. The molecule has 6 heteroatoms. The molecule has 66 valence electrons. The van der Waals surface area contributed by atoms with Gasteiger partial charge in [0, 0.05) is 6.20 Å². The molecule has 0 amide bonds. The van der Waals surface area contributed by atoms with E-state index in [0.717, 1.165) is 5.69 Å². The normalized spacial score (nSPS) is 10.2. The minimum Gasteiger partial charge on any atom is -0.298 e. The van der Waals surface area contributed by atoms with Gasteiger partial charge in [-0.2, -0.15) is 10.2 Å². The Hall–Kier alpha value is -1.49. The Balaban J connectivity index is 2.20. The van der Waals surface area contributed by atoms with Gasteiger partial charge in [0.25, 0.3) is 0 Å². The zero-order valence-corrected chi connectivity index (χ0v) is 7.39. The summed E-state index contributed by atoms with van der Waals surface area (Å²) in [4.78, 5) is 0. The first-order chi connectivity index (χ1) is 6.36. The van der Waals surface area contributed by atoms with Gasteiger partial charge < -0.3 is 0 Å². The van der Waals surface area contributed by atoms with Crippen molar-refractivity contribution in [2.75, 3.05) is 0 Å². The second-order valence-corrected chi connectivity index (χ2v) is 2.78. The number of aromatic nitrogens is 5. The topological polar surface area (TPSA) is 56.5 Å². The lowest BCUT2D eigenvalue weighted by atomic mass is 10.4. The van der Waals surface area contributed by atoms with Gasteiger partial charge in [-0.15, -0.1) is 10.2 Å². The molecule has 0 saturated carbocycles. The van der Waals surface area contributed by atoms with Gasteiger partial charge in [-0.05, 0) is 23.7 Å². The lowest BCUT2D eigenvalue weighted by Gasteiger charge is -1.99.